The number of hydrogen-bond donors (Lipinski definition) is 1. The van der Waals surface area contributed by atoms with Gasteiger partial charge in [0.05, 0.1) is 29.1 Å². The quantitative estimate of drug-likeness (QED) is 0.588. The maximum atomic E-state index is 5.89. The number of benzene rings is 2. The van der Waals surface area contributed by atoms with Crippen LogP contribution in [0.15, 0.2) is 59.8 Å². The maximum Gasteiger partial charge on any atom is 0.102 e. The van der Waals surface area contributed by atoms with Crippen LogP contribution in [0.25, 0.3) is 11.0 Å². The van der Waals surface area contributed by atoms with E-state index in [4.69, 9.17) is 11.6 Å². The van der Waals surface area contributed by atoms with E-state index in [9.17, 15) is 0 Å². The van der Waals surface area contributed by atoms with E-state index in [1.54, 1.807) is 18.5 Å². The molecule has 0 atom stereocenters. The van der Waals surface area contributed by atoms with Crippen LogP contribution in [0.1, 0.15) is 5.69 Å². The number of para-hydroxylation sites is 2. The minimum Gasteiger partial charge on any atom is -0.278 e. The van der Waals surface area contributed by atoms with Crippen LogP contribution in [0.4, 0.5) is 5.69 Å². The number of halogens is 1. The fraction of sp³-hybridized carbons (Fsp3) is 0. The molecular formula is C15H11ClN4. The van der Waals surface area contributed by atoms with Crippen LogP contribution >= 0.6 is 11.6 Å². The second kappa shape index (κ2) is 5.67. The molecule has 3 aromatic rings. The summed E-state index contributed by atoms with van der Waals surface area (Å²) in [5.74, 6) is 0. The van der Waals surface area contributed by atoms with Crippen molar-refractivity contribution in [1.29, 1.82) is 0 Å². The maximum absolute atomic E-state index is 5.89. The molecule has 0 bridgehead atoms. The molecule has 3 rings (SSSR count). The van der Waals surface area contributed by atoms with Crippen molar-refractivity contribution in [2.75, 3.05) is 5.43 Å². The first-order valence-corrected chi connectivity index (χ1v) is 6.45. The molecule has 4 nitrogen and oxygen atoms in total. The molecular weight excluding hydrogens is 272 g/mol. The summed E-state index contributed by atoms with van der Waals surface area (Å²) in [4.78, 5) is 8.76. The summed E-state index contributed by atoms with van der Waals surface area (Å²) in [5, 5.41) is 4.79. The van der Waals surface area contributed by atoms with Crippen molar-refractivity contribution >= 4 is 34.5 Å². The van der Waals surface area contributed by atoms with E-state index in [2.05, 4.69) is 20.5 Å². The zero-order chi connectivity index (χ0) is 13.8. The number of anilines is 1. The SMILES string of the molecule is Clc1cccc(N/N=C\c2cnc3ccccc3n2)c1. The van der Waals surface area contributed by atoms with Crippen molar-refractivity contribution in [2.24, 2.45) is 5.10 Å². The Kier molecular flexibility index (Phi) is 3.56. The lowest BCUT2D eigenvalue weighted by Crippen LogP contribution is -1.94. The van der Waals surface area contributed by atoms with E-state index in [0.29, 0.717) is 10.7 Å². The van der Waals surface area contributed by atoms with Gasteiger partial charge in [0.2, 0.25) is 0 Å². The number of rotatable bonds is 3. The summed E-state index contributed by atoms with van der Waals surface area (Å²) in [6.07, 6.45) is 3.31. The first-order valence-electron chi connectivity index (χ1n) is 6.08. The number of fused-ring (bicyclic) bond motifs is 1. The summed E-state index contributed by atoms with van der Waals surface area (Å²) < 4.78 is 0. The molecule has 0 aliphatic carbocycles. The van der Waals surface area contributed by atoms with E-state index < -0.39 is 0 Å². The Balaban J connectivity index is 1.77. The van der Waals surface area contributed by atoms with Crippen molar-refractivity contribution < 1.29 is 0 Å². The topological polar surface area (TPSA) is 50.2 Å². The van der Waals surface area contributed by atoms with Gasteiger partial charge in [-0.25, -0.2) is 4.98 Å². The van der Waals surface area contributed by atoms with Gasteiger partial charge in [-0.2, -0.15) is 5.10 Å². The molecule has 1 N–H and O–H groups in total. The first kappa shape index (κ1) is 12.6. The average Bonchev–Trinajstić information content (AvgIpc) is 2.47. The Labute approximate surface area is 121 Å². The minimum absolute atomic E-state index is 0.663. The highest BCUT2D eigenvalue weighted by Crippen LogP contribution is 2.14. The molecule has 0 saturated heterocycles. The molecule has 0 amide bonds. The normalized spacial score (nSPS) is 11.1. The number of nitrogens with zero attached hydrogens (tertiary/aromatic N) is 3. The summed E-state index contributed by atoms with van der Waals surface area (Å²) in [5.41, 5.74) is 6.13. The highest BCUT2D eigenvalue weighted by atomic mass is 35.5. The third-order valence-electron chi connectivity index (χ3n) is 2.68. The Hall–Kier alpha value is -2.46. The summed E-state index contributed by atoms with van der Waals surface area (Å²) >= 11 is 5.89. The van der Waals surface area contributed by atoms with Crippen molar-refractivity contribution in [3.63, 3.8) is 0 Å². The summed E-state index contributed by atoms with van der Waals surface area (Å²) in [6, 6.07) is 15.1. The van der Waals surface area contributed by atoms with E-state index in [1.165, 1.54) is 0 Å². The van der Waals surface area contributed by atoms with Gasteiger partial charge in [-0.1, -0.05) is 29.8 Å². The smallest absolute Gasteiger partial charge is 0.102 e. The van der Waals surface area contributed by atoms with Gasteiger partial charge >= 0.3 is 0 Å². The van der Waals surface area contributed by atoms with Crippen molar-refractivity contribution in [3.8, 4) is 0 Å². The Bertz CT molecular complexity index is 770. The van der Waals surface area contributed by atoms with E-state index in [1.807, 2.05) is 42.5 Å². The molecule has 1 aromatic heterocycles. The fourth-order valence-corrected chi connectivity index (χ4v) is 1.95. The highest BCUT2D eigenvalue weighted by molar-refractivity contribution is 6.30. The summed E-state index contributed by atoms with van der Waals surface area (Å²) in [6.45, 7) is 0. The van der Waals surface area contributed by atoms with Gasteiger partial charge in [0.25, 0.3) is 0 Å². The van der Waals surface area contributed by atoms with Gasteiger partial charge in [-0.05, 0) is 30.3 Å². The van der Waals surface area contributed by atoms with Gasteiger partial charge in [0.1, 0.15) is 5.69 Å². The molecule has 20 heavy (non-hydrogen) atoms. The van der Waals surface area contributed by atoms with Gasteiger partial charge in [-0.15, -0.1) is 0 Å². The van der Waals surface area contributed by atoms with Gasteiger partial charge in [0, 0.05) is 5.02 Å². The number of hydrazone groups is 1. The van der Waals surface area contributed by atoms with Gasteiger partial charge in [0.15, 0.2) is 0 Å². The zero-order valence-corrected chi connectivity index (χ0v) is 11.2. The third-order valence-corrected chi connectivity index (χ3v) is 2.92. The second-order valence-electron chi connectivity index (χ2n) is 4.16. The molecule has 0 saturated carbocycles. The second-order valence-corrected chi connectivity index (χ2v) is 4.60. The predicted octanol–water partition coefficient (Wildman–Crippen LogP) is 3.73. The molecule has 0 aliphatic rings. The molecule has 98 valence electrons. The molecule has 0 fully saturated rings. The van der Waals surface area contributed by atoms with Gasteiger partial charge < -0.3 is 0 Å². The lowest BCUT2D eigenvalue weighted by atomic mass is 10.3. The Morgan fingerprint density at radius 2 is 1.90 bits per heavy atom. The number of nitrogens with one attached hydrogen (secondary N) is 1. The highest BCUT2D eigenvalue weighted by Gasteiger charge is 1.96. The molecule has 0 aliphatic heterocycles. The standard InChI is InChI=1S/C15H11ClN4/c16-11-4-3-5-12(8-11)20-18-10-13-9-17-14-6-1-2-7-15(14)19-13/h1-10,20H/b18-10-. The van der Waals surface area contributed by atoms with Crippen LogP contribution < -0.4 is 5.43 Å². The largest absolute Gasteiger partial charge is 0.278 e. The van der Waals surface area contributed by atoms with Crippen molar-refractivity contribution in [1.82, 2.24) is 9.97 Å². The molecule has 1 heterocycles. The number of aromatic nitrogens is 2. The predicted molar refractivity (Wildman–Crippen MR) is 82.2 cm³/mol. The minimum atomic E-state index is 0.663. The molecule has 0 radical (unpaired) electrons. The van der Waals surface area contributed by atoms with Crippen LogP contribution in [-0.4, -0.2) is 16.2 Å². The Morgan fingerprint density at radius 3 is 2.75 bits per heavy atom. The molecule has 5 heteroatoms. The fourth-order valence-electron chi connectivity index (χ4n) is 1.76. The van der Waals surface area contributed by atoms with Crippen LogP contribution in [0, 0.1) is 0 Å². The van der Waals surface area contributed by atoms with Crippen LogP contribution in [0.2, 0.25) is 5.02 Å². The number of hydrogen-bond acceptors (Lipinski definition) is 4. The zero-order valence-electron chi connectivity index (χ0n) is 10.5. The van der Waals surface area contributed by atoms with Crippen LogP contribution in [-0.2, 0) is 0 Å². The Morgan fingerprint density at radius 1 is 1.05 bits per heavy atom. The van der Waals surface area contributed by atoms with Crippen molar-refractivity contribution in [2.45, 2.75) is 0 Å². The molecule has 2 aromatic carbocycles. The summed E-state index contributed by atoms with van der Waals surface area (Å²) in [7, 11) is 0. The lowest BCUT2D eigenvalue weighted by molar-refractivity contribution is 1.26. The van der Waals surface area contributed by atoms with Crippen molar-refractivity contribution in [3.05, 3.63) is 65.4 Å². The van der Waals surface area contributed by atoms with Crippen LogP contribution in [0.5, 0.6) is 0 Å². The van der Waals surface area contributed by atoms with E-state index >= 15 is 0 Å². The lowest BCUT2D eigenvalue weighted by Gasteiger charge is -2.00. The molecule has 0 unspecified atom stereocenters. The van der Waals surface area contributed by atoms with E-state index in [0.717, 1.165) is 16.7 Å². The van der Waals surface area contributed by atoms with Gasteiger partial charge in [-0.3, -0.25) is 10.4 Å². The van der Waals surface area contributed by atoms with E-state index in [-0.39, 0.29) is 0 Å². The third kappa shape index (κ3) is 2.92. The molecule has 0 spiro atoms. The monoisotopic (exact) mass is 282 g/mol. The van der Waals surface area contributed by atoms with Crippen LogP contribution in [0.3, 0.4) is 0 Å². The first-order chi connectivity index (χ1) is 9.81. The average molecular weight is 283 g/mol.